The average molecular weight is 232 g/mol. The maximum Gasteiger partial charge on any atom is 0.146 e. The maximum absolute atomic E-state index is 10.0. The van der Waals surface area contributed by atoms with Crippen LogP contribution in [-0.2, 0) is 0 Å². The molecule has 0 saturated carbocycles. The molecule has 4 heteroatoms. The normalized spacial score (nSPS) is 54.2. The first kappa shape index (κ1) is 10.0. The second-order valence-corrected chi connectivity index (χ2v) is 6.44. The van der Waals surface area contributed by atoms with E-state index in [2.05, 4.69) is 12.7 Å². The van der Waals surface area contributed by atoms with E-state index in [1.807, 2.05) is 23.9 Å². The molecule has 0 bridgehead atoms. The van der Waals surface area contributed by atoms with E-state index in [-0.39, 0.29) is 18.2 Å². The summed E-state index contributed by atoms with van der Waals surface area (Å²) in [5.74, 6) is 0. The Morgan fingerprint density at radius 3 is 3.08 bits per heavy atom. The Bertz CT molecular complexity index is 291. The third-order valence-electron chi connectivity index (χ3n) is 2.85. The van der Waals surface area contributed by atoms with E-state index < -0.39 is 4.93 Å². The van der Waals surface area contributed by atoms with Crippen LogP contribution in [0.3, 0.4) is 0 Å². The Balaban J connectivity index is 0.000000653. The van der Waals surface area contributed by atoms with Crippen molar-refractivity contribution in [3.63, 3.8) is 0 Å². The van der Waals surface area contributed by atoms with Gasteiger partial charge in [-0.2, -0.15) is 13.5 Å². The van der Waals surface area contributed by atoms with E-state index in [9.17, 15) is 5.11 Å². The Kier molecular flexibility index (Phi) is 2.12. The molecular weight excluding hydrogens is 220 g/mol. The van der Waals surface area contributed by atoms with Gasteiger partial charge in [-0.1, -0.05) is 12.2 Å². The summed E-state index contributed by atoms with van der Waals surface area (Å²) in [5.41, 5.74) is 0. The molecule has 1 N–H and O–H groups in total. The lowest BCUT2D eigenvalue weighted by Gasteiger charge is -2.16. The van der Waals surface area contributed by atoms with Gasteiger partial charge < -0.3 is 5.11 Å². The quantitative estimate of drug-likeness (QED) is 0.580. The van der Waals surface area contributed by atoms with Crippen LogP contribution in [0, 0.1) is 0 Å². The third kappa shape index (κ3) is 1.09. The van der Waals surface area contributed by atoms with Crippen LogP contribution in [0.2, 0.25) is 0 Å². The molecule has 2 aliphatic heterocycles. The highest BCUT2D eigenvalue weighted by Gasteiger charge is 2.77. The number of aliphatic hydroxyl groups is 1. The molecule has 0 aromatic heterocycles. The van der Waals surface area contributed by atoms with Crippen molar-refractivity contribution < 1.29 is 5.11 Å². The number of fused-ring (bicyclic) bond motifs is 3. The third-order valence-corrected chi connectivity index (χ3v) is 6.12. The Labute approximate surface area is 93.5 Å². The van der Waals surface area contributed by atoms with Gasteiger partial charge in [0.25, 0.3) is 0 Å². The first-order valence-electron chi connectivity index (χ1n) is 4.10. The molecule has 2 heterocycles. The fourth-order valence-electron chi connectivity index (χ4n) is 2.08. The summed E-state index contributed by atoms with van der Waals surface area (Å²) in [5, 5.41) is 11.4. The zero-order valence-corrected chi connectivity index (χ0v) is 9.70. The lowest BCUT2D eigenvalue weighted by Crippen LogP contribution is -2.32. The highest BCUT2D eigenvalue weighted by molar-refractivity contribution is 8.14. The molecular formula is C9H12OS3. The van der Waals surface area contributed by atoms with E-state index in [0.29, 0.717) is 10.5 Å². The number of allylic oxidation sites excluding steroid dienone is 1. The summed E-state index contributed by atoms with van der Waals surface area (Å²) in [6.45, 7) is 3.75. The van der Waals surface area contributed by atoms with Gasteiger partial charge in [-0.3, -0.25) is 0 Å². The number of thioether (sulfide) groups is 2. The monoisotopic (exact) mass is 232 g/mol. The van der Waals surface area contributed by atoms with Crippen molar-refractivity contribution in [2.24, 2.45) is 0 Å². The zero-order valence-electron chi connectivity index (χ0n) is 7.06. The minimum absolute atomic E-state index is 0. The van der Waals surface area contributed by atoms with Crippen LogP contribution in [0.15, 0.2) is 24.8 Å². The SMILES string of the molecule is C=CCC12SC1(O)C=CC1SC12.S. The summed E-state index contributed by atoms with van der Waals surface area (Å²) in [6, 6.07) is 0. The van der Waals surface area contributed by atoms with Gasteiger partial charge >= 0.3 is 0 Å². The number of rotatable bonds is 2. The smallest absolute Gasteiger partial charge is 0.146 e. The average Bonchev–Trinajstić information content (AvgIpc) is 2.82. The van der Waals surface area contributed by atoms with Gasteiger partial charge in [0.1, 0.15) is 4.93 Å². The van der Waals surface area contributed by atoms with Crippen molar-refractivity contribution in [3.05, 3.63) is 24.8 Å². The van der Waals surface area contributed by atoms with Crippen LogP contribution < -0.4 is 0 Å². The first-order chi connectivity index (χ1) is 5.72. The van der Waals surface area contributed by atoms with Gasteiger partial charge in [0, 0.05) is 10.5 Å². The second kappa shape index (κ2) is 2.75. The van der Waals surface area contributed by atoms with Crippen molar-refractivity contribution in [1.82, 2.24) is 0 Å². The molecule has 0 aromatic rings. The highest BCUT2D eigenvalue weighted by Crippen LogP contribution is 2.77. The molecule has 3 rings (SSSR count). The summed E-state index contributed by atoms with van der Waals surface area (Å²) < 4.78 is 0.0961. The summed E-state index contributed by atoms with van der Waals surface area (Å²) in [4.78, 5) is -0.550. The topological polar surface area (TPSA) is 20.2 Å². The zero-order chi connectivity index (χ0) is 8.40. The minimum atomic E-state index is -0.550. The van der Waals surface area contributed by atoms with Crippen molar-refractivity contribution >= 4 is 37.0 Å². The predicted molar refractivity (Wildman–Crippen MR) is 64.8 cm³/mol. The molecule has 0 radical (unpaired) electrons. The van der Waals surface area contributed by atoms with E-state index >= 15 is 0 Å². The van der Waals surface area contributed by atoms with Crippen LogP contribution in [0.5, 0.6) is 0 Å². The molecule has 13 heavy (non-hydrogen) atoms. The summed E-state index contributed by atoms with van der Waals surface area (Å²) in [6.07, 6.45) is 6.99. The summed E-state index contributed by atoms with van der Waals surface area (Å²) in [7, 11) is 0. The highest BCUT2D eigenvalue weighted by atomic mass is 32.2. The van der Waals surface area contributed by atoms with Crippen molar-refractivity contribution in [3.8, 4) is 0 Å². The van der Waals surface area contributed by atoms with E-state index in [0.717, 1.165) is 6.42 Å². The predicted octanol–water partition coefficient (Wildman–Crippen LogP) is 1.90. The van der Waals surface area contributed by atoms with Gasteiger partial charge in [-0.05, 0) is 12.5 Å². The summed E-state index contributed by atoms with van der Waals surface area (Å²) >= 11 is 3.67. The van der Waals surface area contributed by atoms with E-state index in [1.165, 1.54) is 0 Å². The lowest BCUT2D eigenvalue weighted by molar-refractivity contribution is 0.183. The van der Waals surface area contributed by atoms with Crippen LogP contribution in [0.1, 0.15) is 6.42 Å². The van der Waals surface area contributed by atoms with Gasteiger partial charge in [0.15, 0.2) is 0 Å². The van der Waals surface area contributed by atoms with Crippen LogP contribution in [-0.4, -0.2) is 25.3 Å². The second-order valence-electron chi connectivity index (χ2n) is 3.56. The molecule has 4 atom stereocenters. The molecule has 0 aromatic carbocycles. The minimum Gasteiger partial charge on any atom is -0.374 e. The molecule has 0 amide bonds. The Morgan fingerprint density at radius 1 is 1.62 bits per heavy atom. The number of hydrogen-bond donors (Lipinski definition) is 1. The van der Waals surface area contributed by atoms with E-state index in [1.54, 1.807) is 11.8 Å². The Hall–Kier alpha value is 0.490. The largest absolute Gasteiger partial charge is 0.374 e. The van der Waals surface area contributed by atoms with Crippen LogP contribution >= 0.6 is 37.0 Å². The van der Waals surface area contributed by atoms with Gasteiger partial charge in [0.2, 0.25) is 0 Å². The lowest BCUT2D eigenvalue weighted by atomic mass is 9.89. The molecule has 72 valence electrons. The standard InChI is InChI=1S/C9H10OS2.H2S/c1-2-4-8-7-6(11-7)3-5-9(8,10)12-8;/h2-3,5-7,10H,1,4H2;1H2. The fraction of sp³-hybridized carbons (Fsp3) is 0.556. The molecule has 3 aliphatic rings. The van der Waals surface area contributed by atoms with Crippen molar-refractivity contribution in [1.29, 1.82) is 0 Å². The van der Waals surface area contributed by atoms with Gasteiger partial charge in [-0.15, -0.1) is 30.1 Å². The number of hydrogen-bond acceptors (Lipinski definition) is 3. The molecule has 2 saturated heterocycles. The van der Waals surface area contributed by atoms with Gasteiger partial charge in [-0.25, -0.2) is 0 Å². The Morgan fingerprint density at radius 2 is 2.38 bits per heavy atom. The van der Waals surface area contributed by atoms with E-state index in [4.69, 9.17) is 0 Å². The van der Waals surface area contributed by atoms with Crippen molar-refractivity contribution in [2.75, 3.05) is 0 Å². The maximum atomic E-state index is 10.0. The first-order valence-corrected chi connectivity index (χ1v) is 5.86. The van der Waals surface area contributed by atoms with Crippen LogP contribution in [0.4, 0.5) is 0 Å². The fourth-order valence-corrected chi connectivity index (χ4v) is 5.18. The van der Waals surface area contributed by atoms with Crippen LogP contribution in [0.25, 0.3) is 0 Å². The molecule has 0 spiro atoms. The molecule has 1 aliphatic carbocycles. The molecule has 1 nitrogen and oxygen atoms in total. The molecule has 2 fully saturated rings. The van der Waals surface area contributed by atoms with Gasteiger partial charge in [0.05, 0.1) is 4.75 Å². The van der Waals surface area contributed by atoms with Crippen molar-refractivity contribution in [2.45, 2.75) is 26.6 Å². The molecule has 4 unspecified atom stereocenters.